The van der Waals surface area contributed by atoms with E-state index in [9.17, 15) is 4.39 Å². The fourth-order valence-electron chi connectivity index (χ4n) is 2.69. The van der Waals surface area contributed by atoms with Crippen molar-refractivity contribution in [3.63, 3.8) is 0 Å². The number of rotatable bonds is 11. The topological polar surface area (TPSA) is 48.9 Å². The third-order valence-corrected chi connectivity index (χ3v) is 4.45. The van der Waals surface area contributed by atoms with Crippen molar-refractivity contribution in [3.8, 4) is 0 Å². The molecule has 154 valence electrons. The summed E-state index contributed by atoms with van der Waals surface area (Å²) in [6, 6.07) is 6.76. The molecule has 0 radical (unpaired) electrons. The number of likely N-dealkylation sites (N-methyl/N-ethyl adjacent to an activating group) is 1. The van der Waals surface area contributed by atoms with Gasteiger partial charge in [0.05, 0.1) is 12.6 Å². The summed E-state index contributed by atoms with van der Waals surface area (Å²) in [5.41, 5.74) is 1.06. The second kappa shape index (κ2) is 13.3. The molecule has 2 rings (SSSR count). The van der Waals surface area contributed by atoms with Crippen LogP contribution >= 0.6 is 24.0 Å². The van der Waals surface area contributed by atoms with E-state index in [0.717, 1.165) is 50.2 Å². The second-order valence-corrected chi connectivity index (χ2v) is 7.05. The van der Waals surface area contributed by atoms with Crippen molar-refractivity contribution in [1.29, 1.82) is 0 Å². The van der Waals surface area contributed by atoms with Crippen LogP contribution in [0.1, 0.15) is 37.8 Å². The summed E-state index contributed by atoms with van der Waals surface area (Å²) in [4.78, 5) is 6.81. The molecule has 1 aromatic rings. The lowest BCUT2D eigenvalue weighted by Crippen LogP contribution is -2.38. The van der Waals surface area contributed by atoms with Crippen LogP contribution in [-0.2, 0) is 4.74 Å². The zero-order valence-corrected chi connectivity index (χ0v) is 19.0. The normalized spacial score (nSPS) is 15.4. The molecule has 1 aromatic carbocycles. The molecule has 27 heavy (non-hydrogen) atoms. The van der Waals surface area contributed by atoms with E-state index >= 15 is 0 Å². The van der Waals surface area contributed by atoms with Crippen molar-refractivity contribution in [2.75, 3.05) is 46.9 Å². The molecule has 2 N–H and O–H groups in total. The fourth-order valence-corrected chi connectivity index (χ4v) is 2.69. The van der Waals surface area contributed by atoms with Gasteiger partial charge in [0.25, 0.3) is 0 Å². The van der Waals surface area contributed by atoms with E-state index in [1.807, 2.05) is 26.2 Å². The first-order valence-electron chi connectivity index (χ1n) is 9.62. The van der Waals surface area contributed by atoms with Crippen LogP contribution in [0.5, 0.6) is 0 Å². The van der Waals surface area contributed by atoms with Gasteiger partial charge in [0.2, 0.25) is 0 Å². The average Bonchev–Trinajstić information content (AvgIpc) is 3.43. The number of guanidine groups is 1. The molecule has 5 nitrogen and oxygen atoms in total. The molecular formula is C20H34FIN4O. The van der Waals surface area contributed by atoms with Gasteiger partial charge in [-0.1, -0.05) is 12.1 Å². The van der Waals surface area contributed by atoms with E-state index in [-0.39, 0.29) is 35.8 Å². The van der Waals surface area contributed by atoms with Crippen molar-refractivity contribution in [1.82, 2.24) is 15.5 Å². The van der Waals surface area contributed by atoms with Crippen LogP contribution in [0, 0.1) is 11.7 Å². The number of hydrogen-bond donors (Lipinski definition) is 2. The highest BCUT2D eigenvalue weighted by atomic mass is 127. The summed E-state index contributed by atoms with van der Waals surface area (Å²) in [6.07, 6.45) is 3.62. The summed E-state index contributed by atoms with van der Waals surface area (Å²) in [7, 11) is 4.03. The van der Waals surface area contributed by atoms with Crippen molar-refractivity contribution in [2.24, 2.45) is 10.9 Å². The lowest BCUT2D eigenvalue weighted by Gasteiger charge is -2.23. The molecule has 7 heteroatoms. The molecule has 0 bridgehead atoms. The number of aliphatic imine (C=N–C) groups is 1. The Morgan fingerprint density at radius 3 is 2.56 bits per heavy atom. The summed E-state index contributed by atoms with van der Waals surface area (Å²) in [5.74, 6) is 1.41. The molecule has 1 saturated carbocycles. The van der Waals surface area contributed by atoms with E-state index in [1.54, 1.807) is 0 Å². The Morgan fingerprint density at radius 2 is 1.96 bits per heavy atom. The molecule has 0 saturated heterocycles. The molecule has 1 aliphatic rings. The highest BCUT2D eigenvalue weighted by Crippen LogP contribution is 2.28. The predicted molar refractivity (Wildman–Crippen MR) is 120 cm³/mol. The van der Waals surface area contributed by atoms with Crippen LogP contribution in [0.15, 0.2) is 29.3 Å². The quantitative estimate of drug-likeness (QED) is 0.215. The van der Waals surface area contributed by atoms with Crippen LogP contribution in [0.25, 0.3) is 0 Å². The maximum absolute atomic E-state index is 13.2. The Hall–Kier alpha value is -0.930. The highest BCUT2D eigenvalue weighted by molar-refractivity contribution is 14.0. The smallest absolute Gasteiger partial charge is 0.191 e. The first-order chi connectivity index (χ1) is 12.6. The number of hydrogen-bond acceptors (Lipinski definition) is 3. The van der Waals surface area contributed by atoms with Gasteiger partial charge in [-0.25, -0.2) is 4.39 Å². The predicted octanol–water partition coefficient (Wildman–Crippen LogP) is 3.42. The average molecular weight is 492 g/mol. The molecular weight excluding hydrogens is 458 g/mol. The van der Waals surface area contributed by atoms with Crippen LogP contribution in [-0.4, -0.2) is 57.8 Å². The molecule has 0 spiro atoms. The summed E-state index contributed by atoms with van der Waals surface area (Å²) in [6.45, 7) is 6.01. The molecule has 0 aromatic heterocycles. The van der Waals surface area contributed by atoms with Crippen molar-refractivity contribution in [2.45, 2.75) is 32.2 Å². The van der Waals surface area contributed by atoms with Gasteiger partial charge in [-0.05, 0) is 63.9 Å². The number of ether oxygens (including phenoxy) is 1. The molecule has 0 heterocycles. The van der Waals surface area contributed by atoms with E-state index in [4.69, 9.17) is 9.73 Å². The SMILES string of the molecule is CCNC(=NCC(c1ccc(F)cc1)N(C)C)NCCCOCC1CC1.I. The van der Waals surface area contributed by atoms with Gasteiger partial charge >= 0.3 is 0 Å². The molecule has 0 amide bonds. The van der Waals surface area contributed by atoms with Gasteiger partial charge < -0.3 is 20.3 Å². The lowest BCUT2D eigenvalue weighted by molar-refractivity contribution is 0.123. The van der Waals surface area contributed by atoms with Crippen LogP contribution in [0.2, 0.25) is 0 Å². The lowest BCUT2D eigenvalue weighted by atomic mass is 10.1. The van der Waals surface area contributed by atoms with Gasteiger partial charge in [-0.15, -0.1) is 24.0 Å². The third kappa shape index (κ3) is 9.71. The second-order valence-electron chi connectivity index (χ2n) is 7.05. The summed E-state index contributed by atoms with van der Waals surface area (Å²) >= 11 is 0. The van der Waals surface area contributed by atoms with E-state index in [1.165, 1.54) is 25.0 Å². The number of benzene rings is 1. The van der Waals surface area contributed by atoms with Crippen LogP contribution < -0.4 is 10.6 Å². The first-order valence-corrected chi connectivity index (χ1v) is 9.62. The van der Waals surface area contributed by atoms with E-state index in [0.29, 0.717) is 6.54 Å². The zero-order valence-electron chi connectivity index (χ0n) is 16.7. The van der Waals surface area contributed by atoms with Crippen LogP contribution in [0.3, 0.4) is 0 Å². The van der Waals surface area contributed by atoms with Crippen molar-refractivity contribution < 1.29 is 9.13 Å². The third-order valence-electron chi connectivity index (χ3n) is 4.45. The van der Waals surface area contributed by atoms with Crippen molar-refractivity contribution in [3.05, 3.63) is 35.6 Å². The molecule has 1 unspecified atom stereocenters. The Balaban J connectivity index is 0.00000364. The fraction of sp³-hybridized carbons (Fsp3) is 0.650. The maximum atomic E-state index is 13.2. The number of nitrogens with zero attached hydrogens (tertiary/aromatic N) is 2. The zero-order chi connectivity index (χ0) is 18.8. The van der Waals surface area contributed by atoms with E-state index < -0.39 is 0 Å². The Morgan fingerprint density at radius 1 is 1.26 bits per heavy atom. The molecule has 1 fully saturated rings. The van der Waals surface area contributed by atoms with Gasteiger partial charge in [-0.2, -0.15) is 0 Å². The monoisotopic (exact) mass is 492 g/mol. The largest absolute Gasteiger partial charge is 0.381 e. The van der Waals surface area contributed by atoms with Crippen molar-refractivity contribution >= 4 is 29.9 Å². The Labute approximate surface area is 180 Å². The maximum Gasteiger partial charge on any atom is 0.191 e. The van der Waals surface area contributed by atoms with Gasteiger partial charge in [0.15, 0.2) is 5.96 Å². The number of nitrogens with one attached hydrogen (secondary N) is 2. The molecule has 1 aliphatic carbocycles. The Kier molecular flexibility index (Phi) is 11.9. The summed E-state index contributed by atoms with van der Waals surface area (Å²) in [5, 5.41) is 6.64. The minimum absolute atomic E-state index is 0. The van der Waals surface area contributed by atoms with Gasteiger partial charge in [0, 0.05) is 26.3 Å². The standard InChI is InChI=1S/C20H33FN4O.HI/c1-4-22-20(23-12-5-13-26-15-16-6-7-16)24-14-19(25(2)3)17-8-10-18(21)11-9-17;/h8-11,16,19H,4-7,12-15H2,1-3H3,(H2,22,23,24);1H. The summed E-state index contributed by atoms with van der Waals surface area (Å²) < 4.78 is 18.8. The minimum atomic E-state index is -0.214. The highest BCUT2D eigenvalue weighted by Gasteiger charge is 2.20. The minimum Gasteiger partial charge on any atom is -0.381 e. The van der Waals surface area contributed by atoms with Gasteiger partial charge in [-0.3, -0.25) is 4.99 Å². The Bertz CT molecular complexity index is 549. The number of halogens is 2. The molecule has 1 atom stereocenters. The molecule has 0 aliphatic heterocycles. The van der Waals surface area contributed by atoms with Gasteiger partial charge in [0.1, 0.15) is 5.82 Å². The van der Waals surface area contributed by atoms with Crippen LogP contribution in [0.4, 0.5) is 4.39 Å². The first kappa shape index (κ1) is 24.1. The van der Waals surface area contributed by atoms with E-state index in [2.05, 4.69) is 22.5 Å².